The van der Waals surface area contributed by atoms with Crippen LogP contribution in [0, 0.1) is 0 Å². The Bertz CT molecular complexity index is 1240. The maximum atomic E-state index is 13.1. The second-order valence-electron chi connectivity index (χ2n) is 8.24. The molecule has 2 atom stereocenters. The fourth-order valence-electron chi connectivity index (χ4n) is 4.72. The number of ketones is 1. The smallest absolute Gasteiger partial charge is 0.295 e. The number of aromatic nitrogens is 1. The predicted octanol–water partition coefficient (Wildman–Crippen LogP) is 4.32. The van der Waals surface area contributed by atoms with Gasteiger partial charge in [0, 0.05) is 41.2 Å². The SMILES string of the molecule is CCCN1C(=O)C(=O)/C(=C(/O)c2ccc3c(c2)CC(C)O3)C1c1c[nH]c2ccccc12. The average Bonchev–Trinajstić information content (AvgIpc) is 3.42. The number of nitrogens with one attached hydrogen (secondary N) is 1. The summed E-state index contributed by atoms with van der Waals surface area (Å²) in [4.78, 5) is 30.8. The van der Waals surface area contributed by atoms with E-state index in [0.29, 0.717) is 18.5 Å². The second kappa shape index (κ2) is 7.30. The van der Waals surface area contributed by atoms with Gasteiger partial charge in [0.05, 0.1) is 11.6 Å². The van der Waals surface area contributed by atoms with Gasteiger partial charge >= 0.3 is 0 Å². The molecular formula is C25H24N2O4. The number of para-hydroxylation sites is 1. The van der Waals surface area contributed by atoms with E-state index in [9.17, 15) is 14.7 Å². The Morgan fingerprint density at radius 3 is 2.84 bits per heavy atom. The third kappa shape index (κ3) is 3.02. The van der Waals surface area contributed by atoms with Crippen LogP contribution >= 0.6 is 0 Å². The van der Waals surface area contributed by atoms with Crippen molar-refractivity contribution in [3.63, 3.8) is 0 Å². The third-order valence-corrected chi connectivity index (χ3v) is 6.09. The lowest BCUT2D eigenvalue weighted by Crippen LogP contribution is -2.30. The molecule has 6 nitrogen and oxygen atoms in total. The molecule has 6 heteroatoms. The lowest BCUT2D eigenvalue weighted by atomic mass is 9.94. The summed E-state index contributed by atoms with van der Waals surface area (Å²) < 4.78 is 5.75. The number of hydrogen-bond donors (Lipinski definition) is 2. The Morgan fingerprint density at radius 2 is 2.03 bits per heavy atom. The summed E-state index contributed by atoms with van der Waals surface area (Å²) in [7, 11) is 0. The fourth-order valence-corrected chi connectivity index (χ4v) is 4.72. The number of ether oxygens (including phenoxy) is 1. The summed E-state index contributed by atoms with van der Waals surface area (Å²) >= 11 is 0. The molecule has 2 aliphatic rings. The zero-order chi connectivity index (χ0) is 21.7. The van der Waals surface area contributed by atoms with Gasteiger partial charge in [-0.15, -0.1) is 0 Å². The number of likely N-dealkylation sites (tertiary alicyclic amines) is 1. The number of carbonyl (C=O) groups is 2. The van der Waals surface area contributed by atoms with Crippen LogP contribution in [0.1, 0.15) is 43.0 Å². The Morgan fingerprint density at radius 1 is 1.23 bits per heavy atom. The van der Waals surface area contributed by atoms with E-state index in [4.69, 9.17) is 4.74 Å². The third-order valence-electron chi connectivity index (χ3n) is 6.09. The minimum Gasteiger partial charge on any atom is -0.507 e. The van der Waals surface area contributed by atoms with E-state index in [1.54, 1.807) is 11.0 Å². The Hall–Kier alpha value is -3.54. The molecule has 0 aliphatic carbocycles. The number of fused-ring (bicyclic) bond motifs is 2. The highest BCUT2D eigenvalue weighted by atomic mass is 16.5. The zero-order valence-electron chi connectivity index (χ0n) is 17.5. The number of hydrogen-bond acceptors (Lipinski definition) is 4. The number of Topliss-reactive ketones (excluding diaryl/α,β-unsaturated/α-hetero) is 1. The molecule has 0 bridgehead atoms. The zero-order valence-corrected chi connectivity index (χ0v) is 17.5. The molecule has 1 aromatic heterocycles. The number of aliphatic hydroxyl groups is 1. The molecule has 1 saturated heterocycles. The van der Waals surface area contributed by atoms with Gasteiger partial charge in [-0.3, -0.25) is 9.59 Å². The van der Waals surface area contributed by atoms with Crippen molar-refractivity contribution in [3.8, 4) is 5.75 Å². The summed E-state index contributed by atoms with van der Waals surface area (Å²) in [5.74, 6) is -0.568. The van der Waals surface area contributed by atoms with E-state index >= 15 is 0 Å². The number of nitrogens with zero attached hydrogens (tertiary/aromatic N) is 1. The first-order valence-electron chi connectivity index (χ1n) is 10.6. The normalized spacial score (nSPS) is 22.2. The van der Waals surface area contributed by atoms with Gasteiger partial charge in [-0.25, -0.2) is 0 Å². The van der Waals surface area contributed by atoms with E-state index in [-0.39, 0.29) is 17.4 Å². The van der Waals surface area contributed by atoms with Crippen LogP contribution in [0.3, 0.4) is 0 Å². The van der Waals surface area contributed by atoms with Crippen LogP contribution in [0.2, 0.25) is 0 Å². The molecule has 3 heterocycles. The van der Waals surface area contributed by atoms with Gasteiger partial charge in [-0.05, 0) is 43.2 Å². The van der Waals surface area contributed by atoms with E-state index in [1.165, 1.54) is 0 Å². The molecule has 1 fully saturated rings. The van der Waals surface area contributed by atoms with E-state index in [1.807, 2.05) is 56.4 Å². The molecular weight excluding hydrogens is 392 g/mol. The van der Waals surface area contributed by atoms with Gasteiger partial charge in [-0.2, -0.15) is 0 Å². The van der Waals surface area contributed by atoms with Gasteiger partial charge in [0.25, 0.3) is 11.7 Å². The summed E-state index contributed by atoms with van der Waals surface area (Å²) in [6.45, 7) is 4.39. The Labute approximate surface area is 180 Å². The highest BCUT2D eigenvalue weighted by Crippen LogP contribution is 2.42. The van der Waals surface area contributed by atoms with Gasteiger partial charge in [-0.1, -0.05) is 25.1 Å². The van der Waals surface area contributed by atoms with Crippen LogP contribution in [0.5, 0.6) is 5.75 Å². The molecule has 0 saturated carbocycles. The minimum atomic E-state index is -0.647. The number of benzene rings is 2. The summed E-state index contributed by atoms with van der Waals surface area (Å²) in [6.07, 6.45) is 3.36. The molecule has 2 unspecified atom stereocenters. The van der Waals surface area contributed by atoms with E-state index < -0.39 is 17.7 Å². The van der Waals surface area contributed by atoms with Crippen molar-refractivity contribution in [3.05, 3.63) is 70.9 Å². The van der Waals surface area contributed by atoms with Crippen LogP contribution in [0.25, 0.3) is 16.7 Å². The predicted molar refractivity (Wildman–Crippen MR) is 118 cm³/mol. The standard InChI is InChI=1S/C25H24N2O4/c1-3-10-27-22(18-13-26-19-7-5-4-6-17(18)19)21(24(29)25(27)30)23(28)15-8-9-20-16(12-15)11-14(2)31-20/h4-9,12-14,22,26,28H,3,10-11H2,1-2H3/b23-21+. The summed E-state index contributed by atoms with van der Waals surface area (Å²) in [5, 5.41) is 12.2. The van der Waals surface area contributed by atoms with Crippen molar-refractivity contribution in [2.45, 2.75) is 38.8 Å². The van der Waals surface area contributed by atoms with Crippen molar-refractivity contribution in [1.29, 1.82) is 0 Å². The van der Waals surface area contributed by atoms with Crippen molar-refractivity contribution in [1.82, 2.24) is 9.88 Å². The van der Waals surface area contributed by atoms with Gasteiger partial charge in [0.15, 0.2) is 0 Å². The lowest BCUT2D eigenvalue weighted by Gasteiger charge is -2.24. The molecule has 5 rings (SSSR count). The van der Waals surface area contributed by atoms with Gasteiger partial charge in [0.1, 0.15) is 17.6 Å². The van der Waals surface area contributed by atoms with Crippen molar-refractivity contribution < 1.29 is 19.4 Å². The molecule has 2 N–H and O–H groups in total. The van der Waals surface area contributed by atoms with Gasteiger partial charge in [0.2, 0.25) is 0 Å². The second-order valence-corrected chi connectivity index (χ2v) is 8.24. The number of H-pyrrole nitrogens is 1. The summed E-state index contributed by atoms with van der Waals surface area (Å²) in [5.41, 5.74) is 3.38. The summed E-state index contributed by atoms with van der Waals surface area (Å²) in [6, 6.07) is 12.5. The fraction of sp³-hybridized carbons (Fsp3) is 0.280. The molecule has 1 amide bonds. The quantitative estimate of drug-likeness (QED) is 0.377. The monoisotopic (exact) mass is 416 g/mol. The van der Waals surface area contributed by atoms with E-state index in [0.717, 1.165) is 34.2 Å². The molecule has 2 aromatic carbocycles. The number of aromatic amines is 1. The molecule has 2 aliphatic heterocycles. The van der Waals surface area contributed by atoms with Crippen molar-refractivity contribution in [2.24, 2.45) is 0 Å². The average molecular weight is 416 g/mol. The first-order valence-corrected chi connectivity index (χ1v) is 10.6. The Kier molecular flexibility index (Phi) is 4.58. The number of aliphatic hydroxyl groups excluding tert-OH is 1. The van der Waals surface area contributed by atoms with Crippen LogP contribution in [0.4, 0.5) is 0 Å². The van der Waals surface area contributed by atoms with Crippen LogP contribution < -0.4 is 4.74 Å². The van der Waals surface area contributed by atoms with E-state index in [2.05, 4.69) is 4.98 Å². The minimum absolute atomic E-state index is 0.0775. The van der Waals surface area contributed by atoms with Crippen molar-refractivity contribution >= 4 is 28.4 Å². The molecule has 158 valence electrons. The van der Waals surface area contributed by atoms with Crippen LogP contribution in [-0.2, 0) is 16.0 Å². The first-order chi connectivity index (χ1) is 15.0. The van der Waals surface area contributed by atoms with Crippen LogP contribution in [-0.4, -0.2) is 39.3 Å². The van der Waals surface area contributed by atoms with Crippen molar-refractivity contribution in [2.75, 3.05) is 6.54 Å². The van der Waals surface area contributed by atoms with Gasteiger partial charge < -0.3 is 19.7 Å². The van der Waals surface area contributed by atoms with Crippen LogP contribution in [0.15, 0.2) is 54.2 Å². The number of carbonyl (C=O) groups excluding carboxylic acids is 2. The number of rotatable bonds is 4. The topological polar surface area (TPSA) is 82.6 Å². The lowest BCUT2D eigenvalue weighted by molar-refractivity contribution is -0.139. The maximum Gasteiger partial charge on any atom is 0.295 e. The highest BCUT2D eigenvalue weighted by molar-refractivity contribution is 6.46. The Balaban J connectivity index is 1.69. The highest BCUT2D eigenvalue weighted by Gasteiger charge is 2.46. The molecule has 0 spiro atoms. The first kappa shape index (κ1) is 19.4. The number of amides is 1. The largest absolute Gasteiger partial charge is 0.507 e. The molecule has 3 aromatic rings. The maximum absolute atomic E-state index is 13.1. The molecule has 31 heavy (non-hydrogen) atoms. The molecule has 0 radical (unpaired) electrons.